The highest BCUT2D eigenvalue weighted by Gasteiger charge is 2.16. The molecule has 1 rings (SSSR count). The number of nitrogens with zero attached hydrogens (tertiary/aromatic N) is 1. The average molecular weight is 264 g/mol. The first-order chi connectivity index (χ1) is 8.97. The monoisotopic (exact) mass is 264 g/mol. The third kappa shape index (κ3) is 4.94. The highest BCUT2D eigenvalue weighted by Crippen LogP contribution is 2.17. The molecule has 0 spiro atoms. The Balaban J connectivity index is 2.73. The molecule has 0 bridgehead atoms. The van der Waals surface area contributed by atoms with E-state index in [1.165, 1.54) is 16.7 Å². The number of aryl methyl sites for hydroxylation is 2. The molecule has 1 aromatic rings. The molecule has 1 aromatic carbocycles. The molecule has 3 nitrogen and oxygen atoms in total. The minimum atomic E-state index is 0.0536. The number of nitrogens with two attached hydrogens (primary N) is 1. The van der Waals surface area contributed by atoms with E-state index in [1.54, 1.807) is 7.11 Å². The summed E-state index contributed by atoms with van der Waals surface area (Å²) in [6.45, 7) is 11.2. The lowest BCUT2D eigenvalue weighted by molar-refractivity contribution is 0.0986. The van der Waals surface area contributed by atoms with Crippen LogP contribution in [0.15, 0.2) is 18.2 Å². The molecule has 19 heavy (non-hydrogen) atoms. The van der Waals surface area contributed by atoms with Crippen LogP contribution in [-0.4, -0.2) is 37.7 Å². The van der Waals surface area contributed by atoms with E-state index in [2.05, 4.69) is 50.8 Å². The number of hydrogen-bond acceptors (Lipinski definition) is 3. The maximum absolute atomic E-state index is 6.36. The van der Waals surface area contributed by atoms with Crippen LogP contribution in [0.4, 0.5) is 0 Å². The fourth-order valence-corrected chi connectivity index (χ4v) is 2.55. The smallest absolute Gasteiger partial charge is 0.0615 e. The van der Waals surface area contributed by atoms with Gasteiger partial charge in [-0.25, -0.2) is 0 Å². The predicted molar refractivity (Wildman–Crippen MR) is 81.4 cm³/mol. The molecule has 0 heterocycles. The molecule has 0 saturated carbocycles. The number of hydrogen-bond donors (Lipinski definition) is 1. The van der Waals surface area contributed by atoms with E-state index in [1.807, 2.05) is 0 Å². The van der Waals surface area contributed by atoms with Crippen molar-refractivity contribution in [1.29, 1.82) is 0 Å². The van der Waals surface area contributed by atoms with Gasteiger partial charge in [0.1, 0.15) is 0 Å². The van der Waals surface area contributed by atoms with Gasteiger partial charge in [0, 0.05) is 25.7 Å². The molecule has 108 valence electrons. The van der Waals surface area contributed by atoms with Crippen LogP contribution < -0.4 is 5.73 Å². The van der Waals surface area contributed by atoms with Gasteiger partial charge in [-0.15, -0.1) is 0 Å². The van der Waals surface area contributed by atoms with Crippen LogP contribution in [0.1, 0.15) is 36.6 Å². The van der Waals surface area contributed by atoms with Crippen molar-refractivity contribution in [2.45, 2.75) is 39.8 Å². The Labute approximate surface area is 117 Å². The molecule has 0 aliphatic rings. The molecule has 0 saturated heterocycles. The molecule has 3 heteroatoms. The lowest BCUT2D eigenvalue weighted by Crippen LogP contribution is -2.40. The molecule has 0 aliphatic carbocycles. The first kappa shape index (κ1) is 16.2. The molecular formula is C16H28N2O. The van der Waals surface area contributed by atoms with E-state index < -0.39 is 0 Å². The molecular weight excluding hydrogens is 236 g/mol. The fourth-order valence-electron chi connectivity index (χ4n) is 2.55. The fraction of sp³-hybridized carbons (Fsp3) is 0.625. The van der Waals surface area contributed by atoms with Crippen LogP contribution >= 0.6 is 0 Å². The summed E-state index contributed by atoms with van der Waals surface area (Å²) in [5, 5.41) is 0. The average Bonchev–Trinajstić information content (AvgIpc) is 2.34. The van der Waals surface area contributed by atoms with Gasteiger partial charge in [0.25, 0.3) is 0 Å². The van der Waals surface area contributed by atoms with Crippen LogP contribution in [0.25, 0.3) is 0 Å². The van der Waals surface area contributed by atoms with E-state index in [0.717, 1.165) is 19.7 Å². The number of benzene rings is 1. The number of likely N-dealkylation sites (N-methyl/N-ethyl adjacent to an activating group) is 1. The van der Waals surface area contributed by atoms with Crippen molar-refractivity contribution in [2.75, 3.05) is 26.8 Å². The predicted octanol–water partition coefficient (Wildman–Crippen LogP) is 2.66. The lowest BCUT2D eigenvalue weighted by Gasteiger charge is -2.30. The van der Waals surface area contributed by atoms with Crippen LogP contribution in [0, 0.1) is 13.8 Å². The van der Waals surface area contributed by atoms with Gasteiger partial charge in [0.15, 0.2) is 0 Å². The summed E-state index contributed by atoms with van der Waals surface area (Å²) in [6, 6.07) is 7.00. The van der Waals surface area contributed by atoms with E-state index in [-0.39, 0.29) is 6.04 Å². The van der Waals surface area contributed by atoms with Gasteiger partial charge in [-0.05, 0) is 32.9 Å². The van der Waals surface area contributed by atoms with Crippen LogP contribution in [0.3, 0.4) is 0 Å². The van der Waals surface area contributed by atoms with Gasteiger partial charge < -0.3 is 10.5 Å². The molecule has 0 aliphatic heterocycles. The zero-order valence-electron chi connectivity index (χ0n) is 12.9. The third-order valence-electron chi connectivity index (χ3n) is 3.54. The Hall–Kier alpha value is -0.900. The summed E-state index contributed by atoms with van der Waals surface area (Å²) in [7, 11) is 1.74. The van der Waals surface area contributed by atoms with Crippen LogP contribution in [0.2, 0.25) is 0 Å². The van der Waals surface area contributed by atoms with Crippen molar-refractivity contribution in [2.24, 2.45) is 5.73 Å². The second-order valence-electron chi connectivity index (χ2n) is 5.42. The number of rotatable bonds is 7. The number of ether oxygens (including phenoxy) is 1. The Morgan fingerprint density at radius 3 is 2.26 bits per heavy atom. The summed E-state index contributed by atoms with van der Waals surface area (Å²) < 4.78 is 5.23. The van der Waals surface area contributed by atoms with Gasteiger partial charge in [-0.3, -0.25) is 4.90 Å². The SMILES string of the molecule is CCN(CC(N)c1cc(C)cc(C)c1)C(C)COC. The van der Waals surface area contributed by atoms with E-state index in [0.29, 0.717) is 6.04 Å². The topological polar surface area (TPSA) is 38.5 Å². The minimum Gasteiger partial charge on any atom is -0.383 e. The van der Waals surface area contributed by atoms with E-state index in [4.69, 9.17) is 10.5 Å². The summed E-state index contributed by atoms with van der Waals surface area (Å²) in [5.41, 5.74) is 10.1. The first-order valence-electron chi connectivity index (χ1n) is 7.04. The minimum absolute atomic E-state index is 0.0536. The number of methoxy groups -OCH3 is 1. The largest absolute Gasteiger partial charge is 0.383 e. The highest BCUT2D eigenvalue weighted by molar-refractivity contribution is 5.30. The lowest BCUT2D eigenvalue weighted by atomic mass is 10.0. The highest BCUT2D eigenvalue weighted by atomic mass is 16.5. The van der Waals surface area contributed by atoms with Gasteiger partial charge in [-0.1, -0.05) is 36.2 Å². The van der Waals surface area contributed by atoms with Crippen molar-refractivity contribution < 1.29 is 4.74 Å². The Kier molecular flexibility index (Phi) is 6.49. The van der Waals surface area contributed by atoms with Gasteiger partial charge >= 0.3 is 0 Å². The maximum atomic E-state index is 6.36. The van der Waals surface area contributed by atoms with Crippen molar-refractivity contribution in [3.8, 4) is 0 Å². The molecule has 0 radical (unpaired) electrons. The standard InChI is InChI=1S/C16H28N2O/c1-6-18(14(4)11-19-5)10-16(17)15-8-12(2)7-13(3)9-15/h7-9,14,16H,6,10-11,17H2,1-5H3. The Morgan fingerprint density at radius 2 is 1.79 bits per heavy atom. The molecule has 2 atom stereocenters. The molecule has 0 fully saturated rings. The molecule has 2 unspecified atom stereocenters. The van der Waals surface area contributed by atoms with Gasteiger partial charge in [0.05, 0.1) is 6.61 Å². The van der Waals surface area contributed by atoms with Crippen LogP contribution in [0.5, 0.6) is 0 Å². The summed E-state index contributed by atoms with van der Waals surface area (Å²) >= 11 is 0. The molecule has 0 aromatic heterocycles. The first-order valence-corrected chi connectivity index (χ1v) is 7.04. The summed E-state index contributed by atoms with van der Waals surface area (Å²) in [5.74, 6) is 0. The van der Waals surface area contributed by atoms with E-state index in [9.17, 15) is 0 Å². The van der Waals surface area contributed by atoms with Crippen molar-refractivity contribution in [3.05, 3.63) is 34.9 Å². The second kappa shape index (κ2) is 7.63. The Morgan fingerprint density at radius 1 is 1.21 bits per heavy atom. The van der Waals surface area contributed by atoms with E-state index >= 15 is 0 Å². The molecule has 0 amide bonds. The summed E-state index contributed by atoms with van der Waals surface area (Å²) in [6.07, 6.45) is 0. The quantitative estimate of drug-likeness (QED) is 0.823. The van der Waals surface area contributed by atoms with Crippen molar-refractivity contribution in [1.82, 2.24) is 4.90 Å². The summed E-state index contributed by atoms with van der Waals surface area (Å²) in [4.78, 5) is 2.37. The zero-order valence-corrected chi connectivity index (χ0v) is 12.9. The second-order valence-corrected chi connectivity index (χ2v) is 5.42. The van der Waals surface area contributed by atoms with Crippen molar-refractivity contribution in [3.63, 3.8) is 0 Å². The maximum Gasteiger partial charge on any atom is 0.0615 e. The normalized spacial score (nSPS) is 14.7. The van der Waals surface area contributed by atoms with Crippen molar-refractivity contribution >= 4 is 0 Å². The van der Waals surface area contributed by atoms with Gasteiger partial charge in [0.2, 0.25) is 0 Å². The third-order valence-corrected chi connectivity index (χ3v) is 3.54. The molecule has 2 N–H and O–H groups in total. The Bertz CT molecular complexity index is 372. The zero-order chi connectivity index (χ0) is 14.4. The van der Waals surface area contributed by atoms with Gasteiger partial charge in [-0.2, -0.15) is 0 Å². The van der Waals surface area contributed by atoms with Crippen LogP contribution in [-0.2, 0) is 4.74 Å².